The molecular formula is C24H39NO4Si2. The van der Waals surface area contributed by atoms with E-state index in [0.29, 0.717) is 6.42 Å². The summed E-state index contributed by atoms with van der Waals surface area (Å²) >= 11 is 0. The van der Waals surface area contributed by atoms with E-state index in [1.165, 1.54) is 0 Å². The van der Waals surface area contributed by atoms with E-state index in [-0.39, 0.29) is 28.3 Å². The van der Waals surface area contributed by atoms with Crippen LogP contribution in [0.1, 0.15) is 53.5 Å². The minimum Gasteiger partial charge on any atom is -0.457 e. The molecule has 0 radical (unpaired) electrons. The Labute approximate surface area is 189 Å². The Kier molecular flexibility index (Phi) is 6.01. The number of hydrogen-bond acceptors (Lipinski definition) is 5. The first-order valence-electron chi connectivity index (χ1n) is 11.2. The van der Waals surface area contributed by atoms with Gasteiger partial charge in [0.1, 0.15) is 12.2 Å². The van der Waals surface area contributed by atoms with Crippen LogP contribution in [0.25, 0.3) is 5.57 Å². The zero-order valence-electron chi connectivity index (χ0n) is 20.8. The first-order chi connectivity index (χ1) is 14.0. The van der Waals surface area contributed by atoms with Crippen LogP contribution in [-0.4, -0.2) is 45.4 Å². The number of esters is 1. The maximum Gasteiger partial charge on any atom is 0.341 e. The molecule has 172 valence electrons. The number of ether oxygens (including phenoxy) is 1. The molecule has 2 aliphatic rings. The predicted molar refractivity (Wildman–Crippen MR) is 130 cm³/mol. The van der Waals surface area contributed by atoms with Gasteiger partial charge in [-0.25, -0.2) is 4.79 Å². The molecule has 1 aromatic rings. The monoisotopic (exact) mass is 461 g/mol. The largest absolute Gasteiger partial charge is 0.457 e. The first kappa shape index (κ1) is 24.4. The maximum atomic E-state index is 13.2. The van der Waals surface area contributed by atoms with Gasteiger partial charge in [-0.15, -0.1) is 0 Å². The highest BCUT2D eigenvalue weighted by Gasteiger charge is 2.60. The van der Waals surface area contributed by atoms with Crippen molar-refractivity contribution in [2.45, 2.75) is 102 Å². The highest BCUT2D eigenvalue weighted by Crippen LogP contribution is 2.50. The van der Waals surface area contributed by atoms with Crippen molar-refractivity contribution in [3.05, 3.63) is 36.2 Å². The van der Waals surface area contributed by atoms with Gasteiger partial charge in [-0.2, -0.15) is 0 Å². The van der Waals surface area contributed by atoms with Crippen molar-refractivity contribution in [3.63, 3.8) is 0 Å². The highest BCUT2D eigenvalue weighted by molar-refractivity contribution is 6.74. The number of fused-ring (bicyclic) bond motifs is 2. The van der Waals surface area contributed by atoms with Gasteiger partial charge in [-0.05, 0) is 59.5 Å². The lowest BCUT2D eigenvalue weighted by Gasteiger charge is -2.45. The van der Waals surface area contributed by atoms with Gasteiger partial charge < -0.3 is 13.6 Å². The Morgan fingerprint density at radius 2 is 1.68 bits per heavy atom. The Morgan fingerprint density at radius 3 is 2.19 bits per heavy atom. The molecule has 2 heterocycles. The quantitative estimate of drug-likeness (QED) is 0.401. The van der Waals surface area contributed by atoms with E-state index in [4.69, 9.17) is 13.6 Å². The van der Waals surface area contributed by atoms with Gasteiger partial charge in [0.25, 0.3) is 0 Å². The normalized spacial score (nSPS) is 27.2. The SMILES string of the molecule is CC(C)(C)[Si](C)(C)O[C@@H]1C(c2cccnc2)=C[C@]2(O[Si](C)(C)C(C)(C)C)C[C@H]1OC2=O. The number of nitrogens with zero attached hydrogens (tertiary/aromatic N) is 1. The number of rotatable bonds is 5. The highest BCUT2D eigenvalue weighted by atomic mass is 28.4. The lowest BCUT2D eigenvalue weighted by Crippen LogP contribution is -2.53. The molecule has 2 bridgehead atoms. The molecule has 1 aliphatic carbocycles. The molecule has 0 N–H and O–H groups in total. The lowest BCUT2D eigenvalue weighted by atomic mass is 9.83. The van der Waals surface area contributed by atoms with Crippen molar-refractivity contribution < 1.29 is 18.4 Å². The summed E-state index contributed by atoms with van der Waals surface area (Å²) in [5, 5.41) is 0.0265. The molecule has 0 spiro atoms. The van der Waals surface area contributed by atoms with Crippen LogP contribution in [-0.2, 0) is 18.4 Å². The summed E-state index contributed by atoms with van der Waals surface area (Å²) in [6, 6.07) is 3.94. The van der Waals surface area contributed by atoms with Crippen LogP contribution in [0.5, 0.6) is 0 Å². The first-order valence-corrected chi connectivity index (χ1v) is 17.0. The Bertz CT molecular complexity index is 868. The molecule has 7 heteroatoms. The van der Waals surface area contributed by atoms with Crippen LogP contribution in [0, 0.1) is 0 Å². The molecule has 0 aromatic carbocycles. The Balaban J connectivity index is 2.10. The van der Waals surface area contributed by atoms with E-state index in [9.17, 15) is 4.79 Å². The second-order valence-electron chi connectivity index (χ2n) is 12.0. The van der Waals surface area contributed by atoms with Crippen molar-refractivity contribution in [2.75, 3.05) is 0 Å². The Hall–Kier alpha value is -1.29. The second-order valence-corrected chi connectivity index (χ2v) is 21.5. The molecule has 5 nitrogen and oxygen atoms in total. The fourth-order valence-corrected chi connectivity index (χ4v) is 6.33. The molecule has 1 aliphatic heterocycles. The summed E-state index contributed by atoms with van der Waals surface area (Å²) in [5.74, 6) is -0.287. The van der Waals surface area contributed by atoms with Gasteiger partial charge >= 0.3 is 5.97 Å². The number of hydrogen-bond donors (Lipinski definition) is 0. The maximum absolute atomic E-state index is 13.2. The van der Waals surface area contributed by atoms with E-state index in [1.54, 1.807) is 6.20 Å². The summed E-state index contributed by atoms with van der Waals surface area (Å²) in [5.41, 5.74) is 0.864. The lowest BCUT2D eigenvalue weighted by molar-refractivity contribution is -0.151. The molecule has 0 unspecified atom stereocenters. The topological polar surface area (TPSA) is 57.6 Å². The minimum atomic E-state index is -2.22. The van der Waals surface area contributed by atoms with Crippen molar-refractivity contribution >= 4 is 28.2 Å². The standard InChI is InChI=1S/C24H39NO4Si2/c1-22(2,3)30(7,8)28-20-18(17-12-11-13-25-16-17)14-24(15-19(20)27-21(24)26)29-31(9,10)23(4,5)6/h11-14,16,19-20H,15H2,1-10H3/t19-,20-,24+/m1/s1. The third-order valence-electron chi connectivity index (χ3n) is 7.61. The summed E-state index contributed by atoms with van der Waals surface area (Å²) in [4.78, 5) is 17.6. The van der Waals surface area contributed by atoms with Crippen molar-refractivity contribution in [1.29, 1.82) is 0 Å². The van der Waals surface area contributed by atoms with Crippen LogP contribution in [0.4, 0.5) is 0 Å². The molecule has 1 saturated heterocycles. The molecule has 31 heavy (non-hydrogen) atoms. The van der Waals surface area contributed by atoms with Gasteiger partial charge in [0.2, 0.25) is 0 Å². The fraction of sp³-hybridized carbons (Fsp3) is 0.667. The number of carbonyl (C=O) groups excluding carboxylic acids is 1. The predicted octanol–water partition coefficient (Wildman–Crippen LogP) is 5.95. The van der Waals surface area contributed by atoms with Gasteiger partial charge in [-0.1, -0.05) is 47.6 Å². The van der Waals surface area contributed by atoms with Crippen LogP contribution >= 0.6 is 0 Å². The van der Waals surface area contributed by atoms with E-state index in [0.717, 1.165) is 11.1 Å². The molecule has 3 atom stereocenters. The van der Waals surface area contributed by atoms with Gasteiger partial charge in [-0.3, -0.25) is 4.98 Å². The summed E-state index contributed by atoms with van der Waals surface area (Å²) < 4.78 is 19.6. The molecular weight excluding hydrogens is 422 g/mol. The summed E-state index contributed by atoms with van der Waals surface area (Å²) in [6.07, 6.45) is 5.42. The van der Waals surface area contributed by atoms with Crippen molar-refractivity contribution in [2.24, 2.45) is 0 Å². The third-order valence-corrected chi connectivity index (χ3v) is 16.5. The smallest absolute Gasteiger partial charge is 0.341 e. The number of carbonyl (C=O) groups is 1. The van der Waals surface area contributed by atoms with Crippen LogP contribution in [0.15, 0.2) is 30.6 Å². The zero-order valence-corrected chi connectivity index (χ0v) is 22.8. The van der Waals surface area contributed by atoms with E-state index >= 15 is 0 Å². The van der Waals surface area contributed by atoms with Crippen LogP contribution < -0.4 is 0 Å². The average Bonchev–Trinajstić information content (AvgIpc) is 2.87. The van der Waals surface area contributed by atoms with Crippen LogP contribution in [0.2, 0.25) is 36.3 Å². The van der Waals surface area contributed by atoms with Crippen molar-refractivity contribution in [1.82, 2.24) is 4.98 Å². The van der Waals surface area contributed by atoms with Gasteiger partial charge in [0.05, 0.1) is 0 Å². The third kappa shape index (κ3) is 4.47. The van der Waals surface area contributed by atoms with Gasteiger partial charge in [0, 0.05) is 18.8 Å². The van der Waals surface area contributed by atoms with Crippen LogP contribution in [0.3, 0.4) is 0 Å². The molecule has 0 saturated carbocycles. The zero-order chi connectivity index (χ0) is 23.5. The molecule has 1 aromatic heterocycles. The molecule has 0 amide bonds. The number of aromatic nitrogens is 1. The Morgan fingerprint density at radius 1 is 1.06 bits per heavy atom. The van der Waals surface area contributed by atoms with E-state index < -0.39 is 22.2 Å². The summed E-state index contributed by atoms with van der Waals surface area (Å²) in [6.45, 7) is 22.1. The number of pyridine rings is 1. The minimum absolute atomic E-state index is 0.0170. The van der Waals surface area contributed by atoms with Gasteiger partial charge in [0.15, 0.2) is 22.2 Å². The average molecular weight is 462 g/mol. The van der Waals surface area contributed by atoms with Crippen molar-refractivity contribution in [3.8, 4) is 0 Å². The second kappa shape index (κ2) is 7.64. The summed E-state index contributed by atoms with van der Waals surface area (Å²) in [7, 11) is -4.34. The molecule has 3 rings (SSSR count). The van der Waals surface area contributed by atoms with E-state index in [2.05, 4.69) is 72.7 Å². The molecule has 1 fully saturated rings. The fourth-order valence-electron chi connectivity index (χ4n) is 3.62. The van der Waals surface area contributed by atoms with E-state index in [1.807, 2.05) is 24.4 Å².